The maximum atomic E-state index is 10.6. The summed E-state index contributed by atoms with van der Waals surface area (Å²) in [5, 5.41) is 1.66. The number of ether oxygens (including phenoxy) is 1. The van der Waals surface area contributed by atoms with Gasteiger partial charge in [0.05, 0.1) is 6.10 Å². The first-order valence-corrected chi connectivity index (χ1v) is 18.7. The van der Waals surface area contributed by atoms with Crippen molar-refractivity contribution in [3.05, 3.63) is 83.9 Å². The second-order valence-corrected chi connectivity index (χ2v) is 14.2. The number of aryl methyl sites for hydroxylation is 1. The van der Waals surface area contributed by atoms with Gasteiger partial charge in [-0.3, -0.25) is 4.79 Å². The van der Waals surface area contributed by atoms with Gasteiger partial charge in [-0.15, -0.1) is 0 Å². The van der Waals surface area contributed by atoms with Crippen LogP contribution in [0, 0.1) is 13.0 Å². The Balaban J connectivity index is 0.000000355. The number of carbonyl (C=O) groups is 1. The molecule has 5 rings (SSSR count). The average molecular weight is 684 g/mol. The van der Waals surface area contributed by atoms with Crippen LogP contribution in [0.15, 0.2) is 66.7 Å². The Morgan fingerprint density at radius 2 is 1.41 bits per heavy atom. The number of rotatable bonds is 7. The van der Waals surface area contributed by atoms with E-state index in [2.05, 4.69) is 97.0 Å². The molecule has 0 aromatic heterocycles. The predicted octanol–water partition coefficient (Wildman–Crippen LogP) is 10.6. The third kappa shape index (κ3) is 10.0. The van der Waals surface area contributed by atoms with Gasteiger partial charge < -0.3 is 4.74 Å². The SMILES string of the molecule is CC(=O)c1cc[c-]cc1.Cc1cccc(OC(C)C)c1-c1ccccc1P(C1CCCCC1)C1CCCCC1.[Cl][Pd+]. The van der Waals surface area contributed by atoms with E-state index in [9.17, 15) is 4.79 Å². The van der Waals surface area contributed by atoms with E-state index in [1.165, 1.54) is 80.9 Å². The van der Waals surface area contributed by atoms with Gasteiger partial charge in [-0.05, 0) is 87.2 Å². The molecule has 2 aliphatic carbocycles. The van der Waals surface area contributed by atoms with Crippen LogP contribution >= 0.6 is 17.5 Å². The van der Waals surface area contributed by atoms with Crippen LogP contribution in [-0.4, -0.2) is 23.2 Å². The van der Waals surface area contributed by atoms with E-state index >= 15 is 0 Å². The van der Waals surface area contributed by atoms with Crippen LogP contribution < -0.4 is 10.0 Å². The van der Waals surface area contributed by atoms with E-state index in [1.807, 2.05) is 0 Å². The third-order valence-corrected chi connectivity index (χ3v) is 11.7. The van der Waals surface area contributed by atoms with E-state index in [0.29, 0.717) is 0 Å². The molecule has 5 heteroatoms. The van der Waals surface area contributed by atoms with E-state index in [-0.39, 0.29) is 19.8 Å². The molecule has 0 amide bonds. The molecule has 0 bridgehead atoms. The molecule has 2 nitrogen and oxygen atoms in total. The molecule has 0 heterocycles. The van der Waals surface area contributed by atoms with Gasteiger partial charge in [-0.1, -0.05) is 88.4 Å². The van der Waals surface area contributed by atoms with Crippen LogP contribution in [0.1, 0.15) is 101 Å². The first-order valence-electron chi connectivity index (χ1n) is 15.2. The van der Waals surface area contributed by atoms with Gasteiger partial charge in [-0.25, -0.2) is 0 Å². The van der Waals surface area contributed by atoms with Crippen molar-refractivity contribution in [2.24, 2.45) is 0 Å². The van der Waals surface area contributed by atoms with Crippen molar-refractivity contribution in [3.8, 4) is 16.9 Å². The zero-order valence-corrected chi connectivity index (χ0v) is 28.3. The molecule has 3 aromatic rings. The van der Waals surface area contributed by atoms with Crippen molar-refractivity contribution in [2.75, 3.05) is 0 Å². The number of ketones is 1. The molecule has 0 aliphatic heterocycles. The van der Waals surface area contributed by atoms with Gasteiger partial charge in [-0.2, -0.15) is 30.3 Å². The number of benzene rings is 3. The number of carbonyl (C=O) groups excluding carboxylic acids is 1. The molecule has 3 aromatic carbocycles. The summed E-state index contributed by atoms with van der Waals surface area (Å²) in [4.78, 5) is 10.6. The van der Waals surface area contributed by atoms with Crippen molar-refractivity contribution in [3.63, 3.8) is 0 Å². The normalized spacial score (nSPS) is 15.9. The summed E-state index contributed by atoms with van der Waals surface area (Å²) >= 11 is 2.22. The fourth-order valence-electron chi connectivity index (χ4n) is 6.28. The van der Waals surface area contributed by atoms with Crippen LogP contribution in [0.3, 0.4) is 0 Å². The van der Waals surface area contributed by atoms with Crippen LogP contribution in [-0.2, 0) is 18.2 Å². The summed E-state index contributed by atoms with van der Waals surface area (Å²) in [6, 6.07) is 25.8. The zero-order chi connectivity index (χ0) is 29.6. The molecular formula is C36H46ClO2PPd. The molecule has 0 atom stereocenters. The van der Waals surface area contributed by atoms with Gasteiger partial charge in [0.1, 0.15) is 11.5 Å². The molecule has 0 spiro atoms. The van der Waals surface area contributed by atoms with Crippen molar-refractivity contribution in [1.29, 1.82) is 0 Å². The van der Waals surface area contributed by atoms with Gasteiger partial charge in [0, 0.05) is 5.56 Å². The molecule has 2 saturated carbocycles. The molecule has 0 N–H and O–H groups in total. The van der Waals surface area contributed by atoms with E-state index in [0.717, 1.165) is 22.6 Å². The second-order valence-electron chi connectivity index (χ2n) is 11.5. The van der Waals surface area contributed by atoms with E-state index in [4.69, 9.17) is 4.74 Å². The summed E-state index contributed by atoms with van der Waals surface area (Å²) in [5.74, 6) is 1.16. The summed E-state index contributed by atoms with van der Waals surface area (Å²) in [6.07, 6.45) is 14.6. The van der Waals surface area contributed by atoms with E-state index in [1.54, 1.807) is 36.5 Å². The molecule has 2 fully saturated rings. The van der Waals surface area contributed by atoms with Crippen LogP contribution in [0.5, 0.6) is 5.75 Å². The van der Waals surface area contributed by atoms with Crippen LogP contribution in [0.25, 0.3) is 11.1 Å². The second kappa shape index (κ2) is 18.2. The monoisotopic (exact) mass is 682 g/mol. The van der Waals surface area contributed by atoms with Crippen molar-refractivity contribution in [1.82, 2.24) is 0 Å². The van der Waals surface area contributed by atoms with Crippen molar-refractivity contribution >= 4 is 28.5 Å². The fraction of sp³-hybridized carbons (Fsp3) is 0.472. The topological polar surface area (TPSA) is 26.3 Å². The van der Waals surface area contributed by atoms with Crippen LogP contribution in [0.4, 0.5) is 0 Å². The zero-order valence-electron chi connectivity index (χ0n) is 25.1. The molecule has 41 heavy (non-hydrogen) atoms. The summed E-state index contributed by atoms with van der Waals surface area (Å²) in [7, 11) is 4.35. The van der Waals surface area contributed by atoms with Gasteiger partial charge >= 0.3 is 27.7 Å². The Morgan fingerprint density at radius 3 is 1.93 bits per heavy atom. The number of halogens is 1. The van der Waals surface area contributed by atoms with Gasteiger partial charge in [0.25, 0.3) is 0 Å². The van der Waals surface area contributed by atoms with Crippen molar-refractivity contribution in [2.45, 2.75) is 109 Å². The maximum absolute atomic E-state index is 10.6. The molecule has 0 saturated heterocycles. The minimum atomic E-state index is -0.137. The number of hydrogen-bond donors (Lipinski definition) is 0. The molecular weight excluding hydrogens is 637 g/mol. The standard InChI is InChI=1S/C28H39OP.C8H7O.ClH.Pd/c1-21(2)29-26-19-12-13-22(3)28(26)25-18-10-11-20-27(25)30(23-14-6-4-7-15-23)24-16-8-5-9-17-24;1-7(9)8-5-3-2-4-6-8;;/h10-13,18-21,23-24H,4-9,14-17H2,1-3H3;3-6H,1H3;1H;/q;-1;;+2/p-1. The van der Waals surface area contributed by atoms with Crippen molar-refractivity contribution < 1.29 is 27.7 Å². The number of Topliss-reactive ketones (excluding diaryl/α,β-unsaturated/α-hetero) is 1. The average Bonchev–Trinajstić information content (AvgIpc) is 3.01. The molecule has 0 unspecified atom stereocenters. The minimum absolute atomic E-state index is 0.101. The Bertz CT molecular complexity index is 1170. The predicted molar refractivity (Wildman–Crippen MR) is 174 cm³/mol. The van der Waals surface area contributed by atoms with Crippen LogP contribution in [0.2, 0.25) is 0 Å². The quantitative estimate of drug-likeness (QED) is 0.107. The number of hydrogen-bond acceptors (Lipinski definition) is 2. The molecule has 0 radical (unpaired) electrons. The summed E-state index contributed by atoms with van der Waals surface area (Å²) < 4.78 is 6.31. The Morgan fingerprint density at radius 1 is 0.854 bits per heavy atom. The molecule has 2 aliphatic rings. The first kappa shape index (κ1) is 34.0. The fourth-order valence-corrected chi connectivity index (χ4v) is 10.2. The Labute approximate surface area is 265 Å². The third-order valence-electron chi connectivity index (χ3n) is 8.11. The summed E-state index contributed by atoms with van der Waals surface area (Å²) in [5.41, 5.74) is 6.69. The Hall–Kier alpha value is -1.49. The first-order chi connectivity index (χ1) is 20.0. The van der Waals surface area contributed by atoms with Gasteiger partial charge in [0.15, 0.2) is 0 Å². The summed E-state index contributed by atoms with van der Waals surface area (Å²) in [6.45, 7) is 8.07. The van der Waals surface area contributed by atoms with E-state index < -0.39 is 0 Å². The molecule has 224 valence electrons. The Kier molecular flexibility index (Phi) is 15.1. The van der Waals surface area contributed by atoms with Gasteiger partial charge in [0.2, 0.25) is 0 Å².